The highest BCUT2D eigenvalue weighted by molar-refractivity contribution is 5.42. The van der Waals surface area contributed by atoms with Crippen LogP contribution in [0.4, 0.5) is 17.8 Å². The Morgan fingerprint density at radius 1 is 0.439 bits per heavy atom. The Labute approximate surface area is 348 Å². The summed E-state index contributed by atoms with van der Waals surface area (Å²) in [6.07, 6.45) is 8.50. The number of aliphatic hydroxyl groups is 3. The SMILES string of the molecule is CC(O)CN1C(C)(C)CC(CCNc2nc(NCCC3CC(C)(C)N(CC(C)O)C(C)(C)C3)nc(NCCC3CC(C)(C)N(CC(C)O)C(C)(C)C3)n2)CC1(C)C. The number of hydrogen-bond donors (Lipinski definition) is 6. The number of piperidine rings is 3. The minimum Gasteiger partial charge on any atom is -0.392 e. The molecule has 0 radical (unpaired) electrons. The molecule has 3 unspecified atom stereocenters. The molecular formula is C45H87N9O3. The maximum atomic E-state index is 10.2. The summed E-state index contributed by atoms with van der Waals surface area (Å²) in [5.41, 5.74) is 0.00809. The molecule has 12 heteroatoms. The zero-order valence-corrected chi connectivity index (χ0v) is 39.1. The summed E-state index contributed by atoms with van der Waals surface area (Å²) in [6, 6.07) is 0. The lowest BCUT2D eigenvalue weighted by Gasteiger charge is -2.56. The van der Waals surface area contributed by atoms with E-state index in [0.29, 0.717) is 55.2 Å². The summed E-state index contributed by atoms with van der Waals surface area (Å²) in [6.45, 7) is 37.9. The van der Waals surface area contributed by atoms with Crippen molar-refractivity contribution in [3.05, 3.63) is 0 Å². The summed E-state index contributed by atoms with van der Waals surface area (Å²) < 4.78 is 0. The normalized spacial score (nSPS) is 25.8. The molecule has 0 aliphatic carbocycles. The van der Waals surface area contributed by atoms with Crippen molar-refractivity contribution in [3.8, 4) is 0 Å². The molecule has 12 nitrogen and oxygen atoms in total. The Kier molecular flexibility index (Phi) is 15.5. The van der Waals surface area contributed by atoms with Crippen LogP contribution in [0, 0.1) is 17.8 Å². The second-order valence-corrected chi connectivity index (χ2v) is 22.5. The zero-order chi connectivity index (χ0) is 42.8. The molecule has 3 atom stereocenters. The number of aromatic nitrogens is 3. The van der Waals surface area contributed by atoms with Crippen LogP contribution in [0.5, 0.6) is 0 Å². The number of anilines is 3. The molecule has 0 saturated carbocycles. The second-order valence-electron chi connectivity index (χ2n) is 22.5. The molecule has 0 amide bonds. The summed E-state index contributed by atoms with van der Waals surface area (Å²) in [5.74, 6) is 3.44. The van der Waals surface area contributed by atoms with Gasteiger partial charge in [-0.15, -0.1) is 0 Å². The quantitative estimate of drug-likeness (QED) is 0.0892. The predicted molar refractivity (Wildman–Crippen MR) is 237 cm³/mol. The second kappa shape index (κ2) is 18.4. The number of nitrogens with one attached hydrogen (secondary N) is 3. The first kappa shape index (κ1) is 47.8. The Morgan fingerprint density at radius 3 is 0.807 bits per heavy atom. The Bertz CT molecular complexity index is 1190. The highest BCUT2D eigenvalue weighted by atomic mass is 16.3. The fourth-order valence-corrected chi connectivity index (χ4v) is 12.2. The van der Waals surface area contributed by atoms with E-state index in [1.807, 2.05) is 20.8 Å². The molecule has 1 aromatic rings. The molecule has 57 heavy (non-hydrogen) atoms. The van der Waals surface area contributed by atoms with Gasteiger partial charge < -0.3 is 31.3 Å². The third kappa shape index (κ3) is 13.1. The van der Waals surface area contributed by atoms with Gasteiger partial charge in [0.05, 0.1) is 18.3 Å². The maximum absolute atomic E-state index is 10.2. The molecule has 3 aliphatic rings. The van der Waals surface area contributed by atoms with Crippen LogP contribution in [0.2, 0.25) is 0 Å². The number of β-amino-alcohol motifs (C(OH)–C–C–N with tert-alkyl or cyclic N) is 3. The van der Waals surface area contributed by atoms with Crippen molar-refractivity contribution in [2.75, 3.05) is 55.2 Å². The fourth-order valence-electron chi connectivity index (χ4n) is 12.2. The molecule has 1 aromatic heterocycles. The van der Waals surface area contributed by atoms with Crippen LogP contribution >= 0.6 is 0 Å². The molecular weight excluding hydrogens is 715 g/mol. The monoisotopic (exact) mass is 802 g/mol. The molecule has 3 aliphatic heterocycles. The summed E-state index contributed by atoms with van der Waals surface area (Å²) in [4.78, 5) is 22.2. The van der Waals surface area contributed by atoms with Gasteiger partial charge in [-0.05, 0) is 179 Å². The van der Waals surface area contributed by atoms with Crippen molar-refractivity contribution in [2.45, 2.75) is 213 Å². The van der Waals surface area contributed by atoms with Gasteiger partial charge in [-0.3, -0.25) is 14.7 Å². The Morgan fingerprint density at radius 2 is 0.632 bits per heavy atom. The van der Waals surface area contributed by atoms with Crippen molar-refractivity contribution < 1.29 is 15.3 Å². The highest BCUT2D eigenvalue weighted by Crippen LogP contribution is 2.45. The van der Waals surface area contributed by atoms with E-state index in [9.17, 15) is 15.3 Å². The topological polar surface area (TPSA) is 145 Å². The number of rotatable bonds is 18. The van der Waals surface area contributed by atoms with Crippen molar-refractivity contribution in [1.29, 1.82) is 0 Å². The van der Waals surface area contributed by atoms with E-state index in [2.05, 4.69) is 114 Å². The van der Waals surface area contributed by atoms with Crippen LogP contribution in [0.3, 0.4) is 0 Å². The van der Waals surface area contributed by atoms with Gasteiger partial charge in [-0.1, -0.05) is 0 Å². The van der Waals surface area contributed by atoms with Gasteiger partial charge in [-0.25, -0.2) is 0 Å². The Balaban J connectivity index is 1.43. The fraction of sp³-hybridized carbons (Fsp3) is 0.933. The lowest BCUT2D eigenvalue weighted by atomic mass is 9.72. The van der Waals surface area contributed by atoms with Gasteiger partial charge in [0.15, 0.2) is 0 Å². The van der Waals surface area contributed by atoms with Gasteiger partial charge in [0.25, 0.3) is 0 Å². The smallest absolute Gasteiger partial charge is 0.229 e. The molecule has 0 bridgehead atoms. The van der Waals surface area contributed by atoms with Crippen molar-refractivity contribution >= 4 is 17.8 Å². The lowest BCUT2D eigenvalue weighted by molar-refractivity contribution is -0.0718. The first-order valence-corrected chi connectivity index (χ1v) is 22.5. The molecule has 4 rings (SSSR count). The standard InChI is InChI=1S/C45H87N9O3/c1-31(55)28-52-40(4,5)22-34(23-41(52,6)7)16-19-46-37-49-38(47-20-17-35-24-42(8,9)53(29-32(2)56)43(10,11)25-35)51-39(50-37)48-21-18-36-26-44(12,13)54(30-33(3)57)45(14,15)27-36/h31-36,55-57H,16-30H2,1-15H3,(H3,46,47,48,49,50,51). The van der Waals surface area contributed by atoms with Crippen molar-refractivity contribution in [3.63, 3.8) is 0 Å². The number of aliphatic hydroxyl groups excluding tert-OH is 3. The third-order valence-corrected chi connectivity index (χ3v) is 13.6. The number of nitrogens with zero attached hydrogens (tertiary/aromatic N) is 6. The number of hydrogen-bond acceptors (Lipinski definition) is 12. The molecule has 3 fully saturated rings. The van der Waals surface area contributed by atoms with E-state index in [-0.39, 0.29) is 51.5 Å². The van der Waals surface area contributed by atoms with Crippen LogP contribution in [-0.4, -0.2) is 136 Å². The average molecular weight is 802 g/mol. The van der Waals surface area contributed by atoms with Crippen LogP contribution in [0.1, 0.15) is 162 Å². The molecule has 4 heterocycles. The van der Waals surface area contributed by atoms with Crippen LogP contribution < -0.4 is 16.0 Å². The maximum Gasteiger partial charge on any atom is 0.229 e. The van der Waals surface area contributed by atoms with Gasteiger partial charge in [0, 0.05) is 72.5 Å². The van der Waals surface area contributed by atoms with E-state index in [1.165, 1.54) is 0 Å². The largest absolute Gasteiger partial charge is 0.392 e. The molecule has 0 spiro atoms. The molecule has 6 N–H and O–H groups in total. The summed E-state index contributed by atoms with van der Waals surface area (Å²) >= 11 is 0. The van der Waals surface area contributed by atoms with E-state index < -0.39 is 0 Å². The van der Waals surface area contributed by atoms with Gasteiger partial charge in [0.2, 0.25) is 17.8 Å². The zero-order valence-electron chi connectivity index (χ0n) is 39.1. The first-order chi connectivity index (χ1) is 26.1. The molecule has 330 valence electrons. The Hall–Kier alpha value is -1.83. The third-order valence-electron chi connectivity index (χ3n) is 13.6. The van der Waals surface area contributed by atoms with Crippen molar-refractivity contribution in [2.24, 2.45) is 17.8 Å². The van der Waals surface area contributed by atoms with E-state index in [4.69, 9.17) is 15.0 Å². The molecule has 3 saturated heterocycles. The van der Waals surface area contributed by atoms with Gasteiger partial charge >= 0.3 is 0 Å². The predicted octanol–water partition coefficient (Wildman–Crippen LogP) is 7.23. The van der Waals surface area contributed by atoms with Crippen molar-refractivity contribution in [1.82, 2.24) is 29.7 Å². The molecule has 0 aromatic carbocycles. The lowest BCUT2D eigenvalue weighted by Crippen LogP contribution is -2.62. The first-order valence-electron chi connectivity index (χ1n) is 22.5. The van der Waals surface area contributed by atoms with E-state index in [1.54, 1.807) is 0 Å². The minimum absolute atomic E-state index is 0.00135. The number of likely N-dealkylation sites (tertiary alicyclic amines) is 3. The van der Waals surface area contributed by atoms with Crippen LogP contribution in [0.25, 0.3) is 0 Å². The van der Waals surface area contributed by atoms with Crippen LogP contribution in [-0.2, 0) is 0 Å². The summed E-state index contributed by atoms with van der Waals surface area (Å²) in [5, 5.41) is 41.5. The van der Waals surface area contributed by atoms with Gasteiger partial charge in [0.1, 0.15) is 0 Å². The highest BCUT2D eigenvalue weighted by Gasteiger charge is 2.47. The van der Waals surface area contributed by atoms with Gasteiger partial charge in [-0.2, -0.15) is 15.0 Å². The van der Waals surface area contributed by atoms with E-state index >= 15 is 0 Å². The van der Waals surface area contributed by atoms with E-state index in [0.717, 1.165) is 77.4 Å². The summed E-state index contributed by atoms with van der Waals surface area (Å²) in [7, 11) is 0. The van der Waals surface area contributed by atoms with Crippen LogP contribution in [0.15, 0.2) is 0 Å². The average Bonchev–Trinajstić information content (AvgIpc) is 3.01. The minimum atomic E-state index is -0.351.